The standard InChI is InChI=1S/C22H19N3O2S/c1-6-9-24-15(5)16(17-10-12(2)7-8-18(17)24)11-19-21(27)25-20(26)13(3)14(4)23-22(25)28-19/h1,7-8,10-11H,9H2,2-5H3/b19-11-. The molecule has 0 amide bonds. The average Bonchev–Trinajstić information content (AvgIpc) is 3.09. The predicted octanol–water partition coefficient (Wildman–Crippen LogP) is 2.49. The van der Waals surface area contributed by atoms with Crippen molar-refractivity contribution in [2.24, 2.45) is 0 Å². The van der Waals surface area contributed by atoms with Gasteiger partial charge in [0.2, 0.25) is 4.96 Å². The Kier molecular flexibility index (Phi) is 4.20. The Morgan fingerprint density at radius 3 is 2.64 bits per heavy atom. The minimum Gasteiger partial charge on any atom is -0.333 e. The van der Waals surface area contributed by atoms with Crippen molar-refractivity contribution in [2.45, 2.75) is 34.2 Å². The van der Waals surface area contributed by atoms with E-state index in [0.717, 1.165) is 27.7 Å². The molecule has 5 nitrogen and oxygen atoms in total. The van der Waals surface area contributed by atoms with E-state index in [1.165, 1.54) is 15.7 Å². The van der Waals surface area contributed by atoms with Gasteiger partial charge in [-0.05, 0) is 45.9 Å². The van der Waals surface area contributed by atoms with Crippen molar-refractivity contribution in [3.63, 3.8) is 0 Å². The van der Waals surface area contributed by atoms with Gasteiger partial charge in [0, 0.05) is 33.4 Å². The summed E-state index contributed by atoms with van der Waals surface area (Å²) < 4.78 is 3.72. The van der Waals surface area contributed by atoms with Crippen LogP contribution in [0.2, 0.25) is 0 Å². The van der Waals surface area contributed by atoms with Gasteiger partial charge in [0.25, 0.3) is 11.1 Å². The van der Waals surface area contributed by atoms with Gasteiger partial charge in [-0.25, -0.2) is 9.38 Å². The van der Waals surface area contributed by atoms with Gasteiger partial charge in [0.1, 0.15) is 0 Å². The molecule has 0 aliphatic rings. The molecule has 140 valence electrons. The number of benzene rings is 1. The van der Waals surface area contributed by atoms with Gasteiger partial charge < -0.3 is 4.57 Å². The van der Waals surface area contributed by atoms with Crippen molar-refractivity contribution in [3.05, 3.63) is 71.5 Å². The van der Waals surface area contributed by atoms with E-state index in [2.05, 4.69) is 21.5 Å². The van der Waals surface area contributed by atoms with Gasteiger partial charge in [-0.1, -0.05) is 28.9 Å². The zero-order valence-corrected chi connectivity index (χ0v) is 17.0. The number of thiazole rings is 1. The molecule has 4 rings (SSSR count). The molecular weight excluding hydrogens is 370 g/mol. The van der Waals surface area contributed by atoms with Crippen molar-refractivity contribution in [1.82, 2.24) is 14.0 Å². The molecule has 6 heteroatoms. The van der Waals surface area contributed by atoms with Crippen LogP contribution < -0.4 is 15.7 Å². The van der Waals surface area contributed by atoms with Gasteiger partial charge in [0.05, 0.1) is 11.1 Å². The molecule has 0 atom stereocenters. The van der Waals surface area contributed by atoms with Crippen molar-refractivity contribution < 1.29 is 0 Å². The van der Waals surface area contributed by atoms with E-state index in [1.54, 1.807) is 13.8 Å². The third kappa shape index (κ3) is 2.59. The van der Waals surface area contributed by atoms with Crippen molar-refractivity contribution in [2.75, 3.05) is 0 Å². The Bertz CT molecular complexity index is 1480. The SMILES string of the molecule is C#CCn1c(C)c(/C=c2\sc3nc(C)c(C)c(=O)n3c2=O)c2cc(C)ccc21. The number of terminal acetylenes is 1. The highest BCUT2D eigenvalue weighted by molar-refractivity contribution is 7.15. The van der Waals surface area contributed by atoms with Crippen molar-refractivity contribution in [3.8, 4) is 12.3 Å². The van der Waals surface area contributed by atoms with E-state index in [1.807, 2.05) is 32.1 Å². The summed E-state index contributed by atoms with van der Waals surface area (Å²) >= 11 is 1.23. The van der Waals surface area contributed by atoms with Gasteiger partial charge >= 0.3 is 0 Å². The number of hydrogen-bond donors (Lipinski definition) is 0. The van der Waals surface area contributed by atoms with Crippen LogP contribution in [0.4, 0.5) is 0 Å². The molecule has 0 bridgehead atoms. The van der Waals surface area contributed by atoms with Crippen LogP contribution in [0.3, 0.4) is 0 Å². The molecule has 1 aromatic carbocycles. The summed E-state index contributed by atoms with van der Waals surface area (Å²) in [5.74, 6) is 2.70. The first kappa shape index (κ1) is 18.2. The molecule has 0 aliphatic heterocycles. The maximum atomic E-state index is 12.9. The monoisotopic (exact) mass is 389 g/mol. The largest absolute Gasteiger partial charge is 0.333 e. The molecule has 0 unspecified atom stereocenters. The maximum absolute atomic E-state index is 12.9. The Labute approximate surface area is 165 Å². The first-order chi connectivity index (χ1) is 13.3. The van der Waals surface area contributed by atoms with Crippen LogP contribution in [0.5, 0.6) is 0 Å². The lowest BCUT2D eigenvalue weighted by Crippen LogP contribution is -2.32. The zero-order valence-electron chi connectivity index (χ0n) is 16.2. The summed E-state index contributed by atoms with van der Waals surface area (Å²) in [5.41, 5.74) is 4.61. The summed E-state index contributed by atoms with van der Waals surface area (Å²) in [6.45, 7) is 7.96. The fourth-order valence-corrected chi connectivity index (χ4v) is 4.50. The van der Waals surface area contributed by atoms with E-state index in [-0.39, 0.29) is 11.1 Å². The minimum atomic E-state index is -0.328. The molecule has 3 heterocycles. The molecule has 28 heavy (non-hydrogen) atoms. The van der Waals surface area contributed by atoms with Gasteiger partial charge in [-0.3, -0.25) is 9.59 Å². The third-order valence-corrected chi connectivity index (χ3v) is 6.16. The van der Waals surface area contributed by atoms with Gasteiger partial charge in [-0.15, -0.1) is 6.42 Å². The number of hydrogen-bond acceptors (Lipinski definition) is 4. The third-order valence-electron chi connectivity index (χ3n) is 5.19. The lowest BCUT2D eigenvalue weighted by atomic mass is 10.1. The number of aromatic nitrogens is 3. The topological polar surface area (TPSA) is 56.4 Å². The Hall–Kier alpha value is -3.17. The van der Waals surface area contributed by atoms with Crippen LogP contribution in [-0.4, -0.2) is 14.0 Å². The molecule has 0 N–H and O–H groups in total. The molecular formula is C22H19N3O2S. The average molecular weight is 389 g/mol. The molecule has 0 fully saturated rings. The number of aryl methyl sites for hydroxylation is 2. The van der Waals surface area contributed by atoms with Crippen LogP contribution in [0.25, 0.3) is 21.9 Å². The molecule has 0 spiro atoms. The molecule has 0 saturated heterocycles. The predicted molar refractivity (Wildman–Crippen MR) is 114 cm³/mol. The summed E-state index contributed by atoms with van der Waals surface area (Å²) in [6.07, 6.45) is 7.41. The van der Waals surface area contributed by atoms with E-state index >= 15 is 0 Å². The molecule has 0 saturated carbocycles. The Morgan fingerprint density at radius 1 is 1.18 bits per heavy atom. The summed E-state index contributed by atoms with van der Waals surface area (Å²) in [6, 6.07) is 6.19. The minimum absolute atomic E-state index is 0.300. The second-order valence-electron chi connectivity index (χ2n) is 6.97. The zero-order chi connectivity index (χ0) is 20.2. The second-order valence-corrected chi connectivity index (χ2v) is 7.98. The first-order valence-corrected chi connectivity index (χ1v) is 9.72. The van der Waals surface area contributed by atoms with Gasteiger partial charge in [-0.2, -0.15) is 0 Å². The summed E-state index contributed by atoms with van der Waals surface area (Å²) in [5, 5.41) is 1.04. The first-order valence-electron chi connectivity index (χ1n) is 8.91. The summed E-state index contributed by atoms with van der Waals surface area (Å²) in [4.78, 5) is 30.3. The van der Waals surface area contributed by atoms with Crippen LogP contribution in [-0.2, 0) is 6.54 Å². The lowest BCUT2D eigenvalue weighted by Gasteiger charge is -2.03. The maximum Gasteiger partial charge on any atom is 0.277 e. The smallest absolute Gasteiger partial charge is 0.277 e. The fourth-order valence-electron chi connectivity index (χ4n) is 3.51. The Morgan fingerprint density at radius 2 is 1.93 bits per heavy atom. The molecule has 4 aromatic rings. The fraction of sp³-hybridized carbons (Fsp3) is 0.227. The van der Waals surface area contributed by atoms with E-state index in [9.17, 15) is 9.59 Å². The van der Waals surface area contributed by atoms with Crippen molar-refractivity contribution in [1.29, 1.82) is 0 Å². The molecule has 3 aromatic heterocycles. The van der Waals surface area contributed by atoms with E-state index in [0.29, 0.717) is 27.3 Å². The number of nitrogens with zero attached hydrogens (tertiary/aromatic N) is 3. The van der Waals surface area contributed by atoms with E-state index in [4.69, 9.17) is 6.42 Å². The highest BCUT2D eigenvalue weighted by Crippen LogP contribution is 2.27. The van der Waals surface area contributed by atoms with E-state index < -0.39 is 0 Å². The quantitative estimate of drug-likeness (QED) is 0.495. The van der Waals surface area contributed by atoms with Crippen LogP contribution in [0.1, 0.15) is 28.1 Å². The van der Waals surface area contributed by atoms with Crippen LogP contribution in [0.15, 0.2) is 27.8 Å². The normalized spacial score (nSPS) is 12.2. The number of rotatable bonds is 2. The van der Waals surface area contributed by atoms with Crippen molar-refractivity contribution >= 4 is 33.3 Å². The highest BCUT2D eigenvalue weighted by atomic mass is 32.1. The molecule has 0 aliphatic carbocycles. The number of fused-ring (bicyclic) bond motifs is 2. The lowest BCUT2D eigenvalue weighted by molar-refractivity contribution is 0.846. The second kappa shape index (κ2) is 6.47. The Balaban J connectivity index is 2.11. The summed E-state index contributed by atoms with van der Waals surface area (Å²) in [7, 11) is 0. The van der Waals surface area contributed by atoms with Crippen LogP contribution in [0, 0.1) is 40.0 Å². The van der Waals surface area contributed by atoms with Crippen LogP contribution >= 0.6 is 11.3 Å². The van der Waals surface area contributed by atoms with Gasteiger partial charge in [0.15, 0.2) is 0 Å². The highest BCUT2D eigenvalue weighted by Gasteiger charge is 2.15. The molecule has 0 radical (unpaired) electrons.